The Labute approximate surface area is 148 Å². The minimum Gasteiger partial charge on any atom is -0.493 e. The van der Waals surface area contributed by atoms with E-state index in [4.69, 9.17) is 4.74 Å². The van der Waals surface area contributed by atoms with E-state index in [-0.39, 0.29) is 29.8 Å². The van der Waals surface area contributed by atoms with Gasteiger partial charge in [0.05, 0.1) is 18.3 Å². The molecule has 0 spiro atoms. The van der Waals surface area contributed by atoms with Gasteiger partial charge < -0.3 is 10.1 Å². The van der Waals surface area contributed by atoms with E-state index in [2.05, 4.69) is 37.4 Å². The van der Waals surface area contributed by atoms with Gasteiger partial charge in [0, 0.05) is 29.9 Å². The van der Waals surface area contributed by atoms with E-state index >= 15 is 0 Å². The lowest BCUT2D eigenvalue weighted by Gasteiger charge is -2.19. The second-order valence-electron chi connectivity index (χ2n) is 7.07. The fourth-order valence-electron chi connectivity index (χ4n) is 2.82. The Balaban J connectivity index is 0.00000208. The number of halogens is 2. The molecule has 1 aliphatic heterocycles. The van der Waals surface area contributed by atoms with Gasteiger partial charge in [-0.15, -0.1) is 12.4 Å². The maximum absolute atomic E-state index is 13.6. The molecule has 2 heterocycles. The van der Waals surface area contributed by atoms with Crippen molar-refractivity contribution in [3.63, 3.8) is 0 Å². The first kappa shape index (κ1) is 18.7. The molecule has 1 aromatic heterocycles. The van der Waals surface area contributed by atoms with Crippen molar-refractivity contribution in [3.8, 4) is 5.75 Å². The first-order chi connectivity index (χ1) is 10.9. The van der Waals surface area contributed by atoms with Crippen molar-refractivity contribution in [2.45, 2.75) is 51.7 Å². The predicted octanol–water partition coefficient (Wildman–Crippen LogP) is 4.20. The molecular formula is C18H25ClFN3O. The van der Waals surface area contributed by atoms with Gasteiger partial charge in [-0.2, -0.15) is 5.10 Å². The summed E-state index contributed by atoms with van der Waals surface area (Å²) in [5.74, 6) is 0.563. The normalized spacial score (nSPS) is 17.4. The molecule has 1 aromatic carbocycles. The summed E-state index contributed by atoms with van der Waals surface area (Å²) in [6.45, 7) is 7.76. The molecule has 1 N–H and O–H groups in total. The fourth-order valence-corrected chi connectivity index (χ4v) is 2.82. The minimum absolute atomic E-state index is 0. The lowest BCUT2D eigenvalue weighted by atomic mass is 10.0. The SMILES string of the molecule is CC(C)(C)n1cc(CNC2CCCOc3ccc(F)cc32)cn1.Cl. The Morgan fingerprint density at radius 1 is 1.38 bits per heavy atom. The van der Waals surface area contributed by atoms with Crippen LogP contribution in [0, 0.1) is 5.82 Å². The van der Waals surface area contributed by atoms with Crippen LogP contribution < -0.4 is 10.1 Å². The topological polar surface area (TPSA) is 39.1 Å². The molecular weight excluding hydrogens is 329 g/mol. The van der Waals surface area contributed by atoms with Crippen LogP contribution in [0.15, 0.2) is 30.6 Å². The third-order valence-corrected chi connectivity index (χ3v) is 4.12. The summed E-state index contributed by atoms with van der Waals surface area (Å²) in [4.78, 5) is 0. The highest BCUT2D eigenvalue weighted by atomic mass is 35.5. The van der Waals surface area contributed by atoms with Gasteiger partial charge >= 0.3 is 0 Å². The summed E-state index contributed by atoms with van der Waals surface area (Å²) in [7, 11) is 0. The van der Waals surface area contributed by atoms with Crippen molar-refractivity contribution in [1.29, 1.82) is 0 Å². The molecule has 3 rings (SSSR count). The molecule has 6 heteroatoms. The zero-order valence-electron chi connectivity index (χ0n) is 14.4. The number of fused-ring (bicyclic) bond motifs is 1. The van der Waals surface area contributed by atoms with Crippen LogP contribution in [0.3, 0.4) is 0 Å². The highest BCUT2D eigenvalue weighted by Crippen LogP contribution is 2.32. The third kappa shape index (κ3) is 4.28. The van der Waals surface area contributed by atoms with E-state index < -0.39 is 0 Å². The average molecular weight is 354 g/mol. The molecule has 0 aliphatic carbocycles. The molecule has 0 saturated carbocycles. The minimum atomic E-state index is -0.221. The highest BCUT2D eigenvalue weighted by Gasteiger charge is 2.20. The van der Waals surface area contributed by atoms with Crippen molar-refractivity contribution < 1.29 is 9.13 Å². The molecule has 1 atom stereocenters. The maximum atomic E-state index is 13.6. The van der Waals surface area contributed by atoms with Crippen LogP contribution in [0.5, 0.6) is 5.75 Å². The quantitative estimate of drug-likeness (QED) is 0.898. The van der Waals surface area contributed by atoms with E-state index in [1.54, 1.807) is 12.1 Å². The standard InChI is InChI=1S/C18H24FN3O.ClH/c1-18(2,3)22-12-13(11-21-22)10-20-16-5-4-8-23-17-7-6-14(19)9-15(16)17;/h6-7,9,11-12,16,20H,4-5,8,10H2,1-3H3;1H. The number of hydrogen-bond donors (Lipinski definition) is 1. The van der Waals surface area contributed by atoms with Crippen LogP contribution in [-0.2, 0) is 12.1 Å². The van der Waals surface area contributed by atoms with Crippen molar-refractivity contribution >= 4 is 12.4 Å². The van der Waals surface area contributed by atoms with E-state index in [9.17, 15) is 4.39 Å². The molecule has 1 unspecified atom stereocenters. The van der Waals surface area contributed by atoms with Crippen molar-refractivity contribution in [2.24, 2.45) is 0 Å². The van der Waals surface area contributed by atoms with Gasteiger partial charge in [-0.3, -0.25) is 4.68 Å². The van der Waals surface area contributed by atoms with Crippen molar-refractivity contribution in [2.75, 3.05) is 6.61 Å². The first-order valence-corrected chi connectivity index (χ1v) is 8.13. The fraction of sp³-hybridized carbons (Fsp3) is 0.500. The van der Waals surface area contributed by atoms with Gasteiger partial charge in [-0.05, 0) is 51.8 Å². The number of nitrogens with one attached hydrogen (secondary N) is 1. The van der Waals surface area contributed by atoms with E-state index in [0.29, 0.717) is 13.2 Å². The Morgan fingerprint density at radius 3 is 2.88 bits per heavy atom. The van der Waals surface area contributed by atoms with Gasteiger partial charge in [0.25, 0.3) is 0 Å². The molecule has 132 valence electrons. The summed E-state index contributed by atoms with van der Waals surface area (Å²) in [5.41, 5.74) is 2.01. The summed E-state index contributed by atoms with van der Waals surface area (Å²) >= 11 is 0. The van der Waals surface area contributed by atoms with Gasteiger partial charge in [-0.1, -0.05) is 0 Å². The second kappa shape index (κ2) is 7.53. The number of ether oxygens (including phenoxy) is 1. The average Bonchev–Trinajstić information content (AvgIpc) is 2.88. The second-order valence-corrected chi connectivity index (χ2v) is 7.07. The van der Waals surface area contributed by atoms with Crippen LogP contribution in [0.1, 0.15) is 50.8 Å². The Hall–Kier alpha value is -1.59. The van der Waals surface area contributed by atoms with Gasteiger partial charge in [0.15, 0.2) is 0 Å². The van der Waals surface area contributed by atoms with Crippen LogP contribution in [0.25, 0.3) is 0 Å². The molecule has 0 fully saturated rings. The highest BCUT2D eigenvalue weighted by molar-refractivity contribution is 5.85. The zero-order chi connectivity index (χ0) is 16.4. The third-order valence-electron chi connectivity index (χ3n) is 4.12. The number of benzene rings is 1. The zero-order valence-corrected chi connectivity index (χ0v) is 15.2. The summed E-state index contributed by atoms with van der Waals surface area (Å²) in [6, 6.07) is 4.86. The van der Waals surface area contributed by atoms with Crippen molar-refractivity contribution in [3.05, 3.63) is 47.5 Å². The van der Waals surface area contributed by atoms with E-state index in [1.807, 2.05) is 10.9 Å². The van der Waals surface area contributed by atoms with Crippen LogP contribution in [0.4, 0.5) is 4.39 Å². The lowest BCUT2D eigenvalue weighted by Crippen LogP contribution is -2.22. The molecule has 24 heavy (non-hydrogen) atoms. The van der Waals surface area contributed by atoms with Gasteiger partial charge in [0.2, 0.25) is 0 Å². The summed E-state index contributed by atoms with van der Waals surface area (Å²) in [6.07, 6.45) is 5.84. The van der Waals surface area contributed by atoms with E-state index in [0.717, 1.165) is 29.7 Å². The summed E-state index contributed by atoms with van der Waals surface area (Å²) in [5, 5.41) is 7.95. The molecule has 2 aromatic rings. The Bertz CT molecular complexity index is 681. The molecule has 0 amide bonds. The molecule has 1 aliphatic rings. The summed E-state index contributed by atoms with van der Waals surface area (Å²) < 4.78 is 21.3. The van der Waals surface area contributed by atoms with Crippen molar-refractivity contribution in [1.82, 2.24) is 15.1 Å². The molecule has 0 bridgehead atoms. The monoisotopic (exact) mass is 353 g/mol. The smallest absolute Gasteiger partial charge is 0.124 e. The lowest BCUT2D eigenvalue weighted by molar-refractivity contribution is 0.315. The predicted molar refractivity (Wildman–Crippen MR) is 95.2 cm³/mol. The van der Waals surface area contributed by atoms with Crippen LogP contribution in [0.2, 0.25) is 0 Å². The van der Waals surface area contributed by atoms with Gasteiger partial charge in [0.1, 0.15) is 11.6 Å². The van der Waals surface area contributed by atoms with Crippen LogP contribution in [-0.4, -0.2) is 16.4 Å². The number of aromatic nitrogens is 2. The first-order valence-electron chi connectivity index (χ1n) is 8.13. The Morgan fingerprint density at radius 2 is 2.17 bits per heavy atom. The number of hydrogen-bond acceptors (Lipinski definition) is 3. The van der Waals surface area contributed by atoms with E-state index in [1.165, 1.54) is 6.07 Å². The molecule has 4 nitrogen and oxygen atoms in total. The maximum Gasteiger partial charge on any atom is 0.124 e. The molecule has 0 saturated heterocycles. The Kier molecular flexibility index (Phi) is 5.88. The number of rotatable bonds is 3. The largest absolute Gasteiger partial charge is 0.493 e. The number of nitrogens with zero attached hydrogens (tertiary/aromatic N) is 2. The van der Waals surface area contributed by atoms with Crippen LogP contribution >= 0.6 is 12.4 Å². The molecule has 0 radical (unpaired) electrons. The van der Waals surface area contributed by atoms with Gasteiger partial charge in [-0.25, -0.2) is 4.39 Å².